The van der Waals surface area contributed by atoms with E-state index in [9.17, 15) is 9.50 Å². The summed E-state index contributed by atoms with van der Waals surface area (Å²) in [6, 6.07) is 4.85. The maximum atomic E-state index is 13.2. The van der Waals surface area contributed by atoms with E-state index < -0.39 is 5.60 Å². The zero-order chi connectivity index (χ0) is 10.8. The van der Waals surface area contributed by atoms with Gasteiger partial charge < -0.3 is 10.4 Å². The van der Waals surface area contributed by atoms with Gasteiger partial charge in [-0.1, -0.05) is 6.07 Å². The van der Waals surface area contributed by atoms with Gasteiger partial charge in [-0.25, -0.2) is 4.39 Å². The van der Waals surface area contributed by atoms with Gasteiger partial charge >= 0.3 is 0 Å². The Morgan fingerprint density at radius 1 is 1.43 bits per heavy atom. The van der Waals surface area contributed by atoms with E-state index in [2.05, 4.69) is 5.32 Å². The molecule has 0 bridgehead atoms. The summed E-state index contributed by atoms with van der Waals surface area (Å²) >= 11 is 0. The van der Waals surface area contributed by atoms with Gasteiger partial charge in [-0.15, -0.1) is 0 Å². The number of rotatable bonds is 3. The van der Waals surface area contributed by atoms with E-state index in [1.807, 2.05) is 6.92 Å². The SMILES string of the molecule is Cc1ccc(F)c(NCC(C)(C)O)c1. The van der Waals surface area contributed by atoms with E-state index >= 15 is 0 Å². The summed E-state index contributed by atoms with van der Waals surface area (Å²) in [6.07, 6.45) is 0. The summed E-state index contributed by atoms with van der Waals surface area (Å²) in [4.78, 5) is 0. The predicted molar refractivity (Wildman–Crippen MR) is 55.9 cm³/mol. The molecule has 0 saturated heterocycles. The number of halogens is 1. The average Bonchev–Trinajstić information content (AvgIpc) is 2.05. The van der Waals surface area contributed by atoms with E-state index in [-0.39, 0.29) is 5.82 Å². The highest BCUT2D eigenvalue weighted by Crippen LogP contribution is 2.16. The van der Waals surface area contributed by atoms with Crippen LogP contribution in [0.1, 0.15) is 19.4 Å². The first-order chi connectivity index (χ1) is 6.38. The Morgan fingerprint density at radius 2 is 2.07 bits per heavy atom. The van der Waals surface area contributed by atoms with Gasteiger partial charge in [0.25, 0.3) is 0 Å². The Hall–Kier alpha value is -1.09. The molecule has 14 heavy (non-hydrogen) atoms. The highest BCUT2D eigenvalue weighted by molar-refractivity contribution is 5.47. The number of benzene rings is 1. The number of hydrogen-bond donors (Lipinski definition) is 2. The van der Waals surface area contributed by atoms with Gasteiger partial charge in [0.1, 0.15) is 5.82 Å². The lowest BCUT2D eigenvalue weighted by molar-refractivity contribution is 0.0944. The first kappa shape index (κ1) is 11.0. The van der Waals surface area contributed by atoms with Crippen LogP contribution in [-0.4, -0.2) is 17.3 Å². The third-order valence-electron chi connectivity index (χ3n) is 1.83. The molecular weight excluding hydrogens is 181 g/mol. The van der Waals surface area contributed by atoms with Crippen LogP contribution in [0.25, 0.3) is 0 Å². The summed E-state index contributed by atoms with van der Waals surface area (Å²) in [5.41, 5.74) is 0.590. The van der Waals surface area contributed by atoms with Crippen molar-refractivity contribution in [2.24, 2.45) is 0 Å². The van der Waals surface area contributed by atoms with E-state index in [4.69, 9.17) is 0 Å². The van der Waals surface area contributed by atoms with Crippen LogP contribution in [0.5, 0.6) is 0 Å². The fourth-order valence-corrected chi connectivity index (χ4v) is 1.09. The Bertz CT molecular complexity index is 318. The highest BCUT2D eigenvalue weighted by atomic mass is 19.1. The van der Waals surface area contributed by atoms with Crippen molar-refractivity contribution in [3.63, 3.8) is 0 Å². The van der Waals surface area contributed by atoms with Crippen LogP contribution < -0.4 is 5.32 Å². The molecule has 0 aliphatic heterocycles. The highest BCUT2D eigenvalue weighted by Gasteiger charge is 2.12. The predicted octanol–water partition coefficient (Wildman–Crippen LogP) is 2.32. The molecule has 0 aliphatic carbocycles. The van der Waals surface area contributed by atoms with Gasteiger partial charge in [-0.3, -0.25) is 0 Å². The van der Waals surface area contributed by atoms with Gasteiger partial charge in [0, 0.05) is 6.54 Å². The number of aryl methyl sites for hydroxylation is 1. The van der Waals surface area contributed by atoms with Crippen molar-refractivity contribution in [1.82, 2.24) is 0 Å². The molecular formula is C11H16FNO. The molecule has 0 fully saturated rings. The van der Waals surface area contributed by atoms with Gasteiger partial charge in [0.15, 0.2) is 0 Å². The minimum absolute atomic E-state index is 0.292. The molecule has 0 aliphatic rings. The standard InChI is InChI=1S/C11H16FNO/c1-8-4-5-9(12)10(6-8)13-7-11(2,3)14/h4-6,13-14H,7H2,1-3H3. The second-order valence-electron chi connectivity index (χ2n) is 4.15. The van der Waals surface area contributed by atoms with Crippen LogP contribution in [0.2, 0.25) is 0 Å². The maximum absolute atomic E-state index is 13.2. The summed E-state index contributed by atoms with van der Waals surface area (Å²) in [6.45, 7) is 5.57. The summed E-state index contributed by atoms with van der Waals surface area (Å²) in [7, 11) is 0. The third kappa shape index (κ3) is 3.34. The normalized spacial score (nSPS) is 11.5. The van der Waals surface area contributed by atoms with Crippen LogP contribution in [-0.2, 0) is 0 Å². The summed E-state index contributed by atoms with van der Waals surface area (Å²) < 4.78 is 13.2. The van der Waals surface area contributed by atoms with Gasteiger partial charge in [0.2, 0.25) is 0 Å². The van der Waals surface area contributed by atoms with Crippen LogP contribution >= 0.6 is 0 Å². The molecule has 0 spiro atoms. The summed E-state index contributed by atoms with van der Waals surface area (Å²) in [5, 5.41) is 12.3. The number of hydrogen-bond acceptors (Lipinski definition) is 2. The van der Waals surface area contributed by atoms with Crippen LogP contribution in [0.4, 0.5) is 10.1 Å². The molecule has 0 saturated carbocycles. The Balaban J connectivity index is 2.72. The zero-order valence-electron chi connectivity index (χ0n) is 8.76. The van der Waals surface area contributed by atoms with Crippen LogP contribution in [0.15, 0.2) is 18.2 Å². The Morgan fingerprint density at radius 3 is 2.64 bits per heavy atom. The van der Waals surface area contributed by atoms with Crippen molar-refractivity contribution in [2.45, 2.75) is 26.4 Å². The molecule has 78 valence electrons. The average molecular weight is 197 g/mol. The van der Waals surface area contributed by atoms with Gasteiger partial charge in [-0.2, -0.15) is 0 Å². The molecule has 0 heterocycles. The van der Waals surface area contributed by atoms with Crippen LogP contribution in [0.3, 0.4) is 0 Å². The smallest absolute Gasteiger partial charge is 0.146 e. The molecule has 0 radical (unpaired) electrons. The van der Waals surface area contributed by atoms with Crippen molar-refractivity contribution in [3.05, 3.63) is 29.6 Å². The number of anilines is 1. The maximum Gasteiger partial charge on any atom is 0.146 e. The molecule has 2 N–H and O–H groups in total. The van der Waals surface area contributed by atoms with E-state index in [0.717, 1.165) is 5.56 Å². The molecule has 0 atom stereocenters. The number of nitrogens with one attached hydrogen (secondary N) is 1. The topological polar surface area (TPSA) is 32.3 Å². The van der Waals surface area contributed by atoms with Gasteiger partial charge in [0.05, 0.1) is 11.3 Å². The molecule has 0 unspecified atom stereocenters. The molecule has 0 amide bonds. The minimum Gasteiger partial charge on any atom is -0.389 e. The van der Waals surface area contributed by atoms with Gasteiger partial charge in [-0.05, 0) is 38.5 Å². The van der Waals surface area contributed by atoms with E-state index in [0.29, 0.717) is 12.2 Å². The molecule has 0 aromatic heterocycles. The molecule has 1 aromatic rings. The first-order valence-corrected chi connectivity index (χ1v) is 4.61. The quantitative estimate of drug-likeness (QED) is 0.779. The lowest BCUT2D eigenvalue weighted by Gasteiger charge is -2.19. The van der Waals surface area contributed by atoms with Crippen molar-refractivity contribution in [3.8, 4) is 0 Å². The summed E-state index contributed by atoms with van der Waals surface area (Å²) in [5.74, 6) is -0.292. The van der Waals surface area contributed by atoms with Crippen molar-refractivity contribution in [2.75, 3.05) is 11.9 Å². The molecule has 2 nitrogen and oxygen atoms in total. The second-order valence-corrected chi connectivity index (χ2v) is 4.15. The Labute approximate surface area is 83.8 Å². The lowest BCUT2D eigenvalue weighted by Crippen LogP contribution is -2.29. The van der Waals surface area contributed by atoms with Crippen molar-refractivity contribution >= 4 is 5.69 Å². The van der Waals surface area contributed by atoms with Crippen molar-refractivity contribution < 1.29 is 9.50 Å². The molecule has 1 rings (SSSR count). The lowest BCUT2D eigenvalue weighted by atomic mass is 10.1. The van der Waals surface area contributed by atoms with Crippen LogP contribution in [0, 0.1) is 12.7 Å². The van der Waals surface area contributed by atoms with Crippen molar-refractivity contribution in [1.29, 1.82) is 0 Å². The third-order valence-corrected chi connectivity index (χ3v) is 1.83. The fraction of sp³-hybridized carbons (Fsp3) is 0.455. The monoisotopic (exact) mass is 197 g/mol. The number of aliphatic hydroxyl groups is 1. The Kier molecular flexibility index (Phi) is 3.11. The molecule has 1 aromatic carbocycles. The zero-order valence-corrected chi connectivity index (χ0v) is 8.76. The largest absolute Gasteiger partial charge is 0.389 e. The van der Waals surface area contributed by atoms with E-state index in [1.165, 1.54) is 6.07 Å². The molecule has 3 heteroatoms. The van der Waals surface area contributed by atoms with E-state index in [1.54, 1.807) is 26.0 Å². The first-order valence-electron chi connectivity index (χ1n) is 4.61. The fourth-order valence-electron chi connectivity index (χ4n) is 1.09. The second kappa shape index (κ2) is 3.96. The minimum atomic E-state index is -0.837.